The summed E-state index contributed by atoms with van der Waals surface area (Å²) in [6.45, 7) is 4.11. The van der Waals surface area contributed by atoms with E-state index in [4.69, 9.17) is 4.74 Å². The molecule has 22 heavy (non-hydrogen) atoms. The minimum absolute atomic E-state index is 0.158. The highest BCUT2D eigenvalue weighted by molar-refractivity contribution is 8.13. The highest BCUT2D eigenvalue weighted by Gasteiger charge is 2.13. The number of aromatic nitrogens is 1. The molecule has 0 unspecified atom stereocenters. The lowest BCUT2D eigenvalue weighted by molar-refractivity contribution is 0.269. The SMILES string of the molecule is CCCc1nc(OC)c(NC(=O)Sc2ccccc2)cc1C. The van der Waals surface area contributed by atoms with E-state index < -0.39 is 0 Å². The number of thioether (sulfide) groups is 1. The summed E-state index contributed by atoms with van der Waals surface area (Å²) < 4.78 is 5.30. The Kier molecular flexibility index (Phi) is 5.83. The second-order valence-corrected chi connectivity index (χ2v) is 5.93. The number of carbonyl (C=O) groups is 1. The molecule has 1 N–H and O–H groups in total. The maximum absolute atomic E-state index is 12.1. The normalized spacial score (nSPS) is 10.3. The molecule has 0 saturated carbocycles. The zero-order chi connectivity index (χ0) is 15.9. The minimum Gasteiger partial charge on any atom is -0.480 e. The van der Waals surface area contributed by atoms with Crippen molar-refractivity contribution in [1.29, 1.82) is 0 Å². The highest BCUT2D eigenvalue weighted by Crippen LogP contribution is 2.28. The lowest BCUT2D eigenvalue weighted by Gasteiger charge is -2.13. The number of benzene rings is 1. The first-order valence-corrected chi connectivity index (χ1v) is 8.04. The van der Waals surface area contributed by atoms with E-state index in [2.05, 4.69) is 17.2 Å². The van der Waals surface area contributed by atoms with Crippen LogP contribution in [-0.4, -0.2) is 17.3 Å². The molecule has 0 radical (unpaired) electrons. The molecule has 0 saturated heterocycles. The number of nitrogens with one attached hydrogen (secondary N) is 1. The maximum Gasteiger partial charge on any atom is 0.288 e. The van der Waals surface area contributed by atoms with E-state index in [-0.39, 0.29) is 5.24 Å². The Morgan fingerprint density at radius 1 is 1.32 bits per heavy atom. The number of hydrogen-bond acceptors (Lipinski definition) is 4. The number of methoxy groups -OCH3 is 1. The topological polar surface area (TPSA) is 51.2 Å². The van der Waals surface area contributed by atoms with Gasteiger partial charge in [-0.05, 0) is 48.9 Å². The summed E-state index contributed by atoms with van der Waals surface area (Å²) >= 11 is 1.14. The van der Waals surface area contributed by atoms with Crippen LogP contribution in [0.3, 0.4) is 0 Å². The Hall–Kier alpha value is -2.01. The third-order valence-corrected chi connectivity index (χ3v) is 3.95. The monoisotopic (exact) mass is 316 g/mol. The number of aryl methyl sites for hydroxylation is 2. The number of ether oxygens (including phenoxy) is 1. The van der Waals surface area contributed by atoms with Gasteiger partial charge in [-0.2, -0.15) is 0 Å². The van der Waals surface area contributed by atoms with Crippen LogP contribution >= 0.6 is 11.8 Å². The molecule has 0 aliphatic carbocycles. The zero-order valence-corrected chi connectivity index (χ0v) is 13.9. The molecule has 0 aliphatic heterocycles. The van der Waals surface area contributed by atoms with Gasteiger partial charge in [-0.15, -0.1) is 0 Å². The van der Waals surface area contributed by atoms with Gasteiger partial charge < -0.3 is 10.1 Å². The zero-order valence-electron chi connectivity index (χ0n) is 13.1. The van der Waals surface area contributed by atoms with Gasteiger partial charge in [-0.3, -0.25) is 4.79 Å². The average Bonchev–Trinajstić information content (AvgIpc) is 2.51. The average molecular weight is 316 g/mol. The molecule has 4 nitrogen and oxygen atoms in total. The third kappa shape index (κ3) is 4.24. The molecule has 0 bridgehead atoms. The van der Waals surface area contributed by atoms with Crippen molar-refractivity contribution in [2.24, 2.45) is 0 Å². The number of amides is 1. The summed E-state index contributed by atoms with van der Waals surface area (Å²) in [6.07, 6.45) is 1.92. The fourth-order valence-electron chi connectivity index (χ4n) is 2.10. The van der Waals surface area contributed by atoms with Gasteiger partial charge in [0.1, 0.15) is 5.69 Å². The summed E-state index contributed by atoms with van der Waals surface area (Å²) in [7, 11) is 1.56. The molecule has 116 valence electrons. The van der Waals surface area contributed by atoms with Crippen LogP contribution in [0.1, 0.15) is 24.6 Å². The second-order valence-electron chi connectivity index (χ2n) is 4.89. The molecule has 1 amide bonds. The Bertz CT molecular complexity index is 645. The van der Waals surface area contributed by atoms with E-state index in [0.717, 1.165) is 40.8 Å². The summed E-state index contributed by atoms with van der Waals surface area (Å²) in [4.78, 5) is 17.5. The first kappa shape index (κ1) is 16.4. The molecular formula is C17H20N2O2S. The minimum atomic E-state index is -0.158. The first-order chi connectivity index (χ1) is 10.6. The van der Waals surface area contributed by atoms with Crippen molar-refractivity contribution in [3.63, 3.8) is 0 Å². The van der Waals surface area contributed by atoms with Gasteiger partial charge in [0, 0.05) is 10.6 Å². The van der Waals surface area contributed by atoms with Crippen LogP contribution in [0.2, 0.25) is 0 Å². The lowest BCUT2D eigenvalue weighted by Crippen LogP contribution is -2.09. The summed E-state index contributed by atoms with van der Waals surface area (Å²) in [5.41, 5.74) is 2.67. The van der Waals surface area contributed by atoms with Crippen molar-refractivity contribution in [1.82, 2.24) is 4.98 Å². The van der Waals surface area contributed by atoms with E-state index >= 15 is 0 Å². The highest BCUT2D eigenvalue weighted by atomic mass is 32.2. The van der Waals surface area contributed by atoms with E-state index in [1.165, 1.54) is 0 Å². The van der Waals surface area contributed by atoms with E-state index in [1.807, 2.05) is 43.3 Å². The van der Waals surface area contributed by atoms with Crippen molar-refractivity contribution in [2.75, 3.05) is 12.4 Å². The van der Waals surface area contributed by atoms with E-state index in [0.29, 0.717) is 11.6 Å². The van der Waals surface area contributed by atoms with Gasteiger partial charge in [0.2, 0.25) is 5.88 Å². The molecule has 2 aromatic rings. The number of carbonyl (C=O) groups excluding carboxylic acids is 1. The summed E-state index contributed by atoms with van der Waals surface area (Å²) in [5.74, 6) is 0.455. The van der Waals surface area contributed by atoms with Gasteiger partial charge >= 0.3 is 0 Å². The molecule has 0 atom stereocenters. The number of rotatable bonds is 5. The molecule has 0 fully saturated rings. The molecule has 1 aromatic carbocycles. The lowest BCUT2D eigenvalue weighted by atomic mass is 10.1. The van der Waals surface area contributed by atoms with Crippen LogP contribution in [0.25, 0.3) is 0 Å². The summed E-state index contributed by atoms with van der Waals surface area (Å²) in [5, 5.41) is 2.70. The Morgan fingerprint density at radius 2 is 2.05 bits per heavy atom. The molecule has 1 aromatic heterocycles. The third-order valence-electron chi connectivity index (χ3n) is 3.15. The van der Waals surface area contributed by atoms with Crippen molar-refractivity contribution < 1.29 is 9.53 Å². The number of pyridine rings is 1. The Labute approximate surface area is 135 Å². The molecule has 2 rings (SSSR count). The van der Waals surface area contributed by atoms with Crippen LogP contribution in [0, 0.1) is 6.92 Å². The van der Waals surface area contributed by atoms with E-state index in [9.17, 15) is 4.79 Å². The molecule has 0 aliphatic rings. The number of hydrogen-bond donors (Lipinski definition) is 1. The predicted octanol–water partition coefficient (Wildman–Crippen LogP) is 4.68. The molecule has 0 spiro atoms. The van der Waals surface area contributed by atoms with E-state index in [1.54, 1.807) is 7.11 Å². The van der Waals surface area contributed by atoms with Crippen molar-refractivity contribution in [3.8, 4) is 5.88 Å². The van der Waals surface area contributed by atoms with Crippen LogP contribution in [0.15, 0.2) is 41.3 Å². The standard InChI is InChI=1S/C17H20N2O2S/c1-4-8-14-12(2)11-15(16(18-14)21-3)19-17(20)22-13-9-6-5-7-10-13/h5-7,9-11H,4,8H2,1-3H3,(H,19,20). The van der Waals surface area contributed by atoms with Crippen LogP contribution in [-0.2, 0) is 6.42 Å². The second kappa shape index (κ2) is 7.84. The molecule has 1 heterocycles. The Balaban J connectivity index is 2.14. The summed E-state index contributed by atoms with van der Waals surface area (Å²) in [6, 6.07) is 11.4. The van der Waals surface area contributed by atoms with Crippen LogP contribution in [0.4, 0.5) is 10.5 Å². The number of nitrogens with zero attached hydrogens (tertiary/aromatic N) is 1. The maximum atomic E-state index is 12.1. The van der Waals surface area contributed by atoms with Crippen molar-refractivity contribution in [3.05, 3.63) is 47.7 Å². The largest absolute Gasteiger partial charge is 0.480 e. The fourth-order valence-corrected chi connectivity index (χ4v) is 2.77. The van der Waals surface area contributed by atoms with Crippen LogP contribution in [0.5, 0.6) is 5.88 Å². The van der Waals surface area contributed by atoms with Crippen LogP contribution < -0.4 is 10.1 Å². The quantitative estimate of drug-likeness (QED) is 0.814. The smallest absolute Gasteiger partial charge is 0.288 e. The fraction of sp³-hybridized carbons (Fsp3) is 0.294. The molecule has 5 heteroatoms. The molecular weight excluding hydrogens is 296 g/mol. The van der Waals surface area contributed by atoms with Gasteiger partial charge in [-0.25, -0.2) is 4.98 Å². The van der Waals surface area contributed by atoms with Crippen molar-refractivity contribution >= 4 is 22.7 Å². The van der Waals surface area contributed by atoms with Gasteiger partial charge in [0.15, 0.2) is 0 Å². The van der Waals surface area contributed by atoms with Gasteiger partial charge in [0.05, 0.1) is 7.11 Å². The van der Waals surface area contributed by atoms with Gasteiger partial charge in [0.25, 0.3) is 5.24 Å². The van der Waals surface area contributed by atoms with Gasteiger partial charge in [-0.1, -0.05) is 31.5 Å². The Morgan fingerprint density at radius 3 is 2.68 bits per heavy atom. The first-order valence-electron chi connectivity index (χ1n) is 7.22. The predicted molar refractivity (Wildman–Crippen MR) is 90.8 cm³/mol. The number of anilines is 1. The van der Waals surface area contributed by atoms with Crippen molar-refractivity contribution in [2.45, 2.75) is 31.6 Å².